The van der Waals surface area contributed by atoms with Crippen molar-refractivity contribution >= 4 is 18.0 Å². The molecule has 2 unspecified atom stereocenters. The zero-order valence-electron chi connectivity index (χ0n) is 20.6. The van der Waals surface area contributed by atoms with Gasteiger partial charge in [-0.15, -0.1) is 0 Å². The summed E-state index contributed by atoms with van der Waals surface area (Å²) in [6.45, 7) is 6.77. The van der Waals surface area contributed by atoms with E-state index in [-0.39, 0.29) is 43.2 Å². The molecule has 3 atom stereocenters. The lowest BCUT2D eigenvalue weighted by atomic mass is 9.86. The Morgan fingerprint density at radius 2 is 1.66 bits per heavy atom. The fraction of sp³-hybridized carbons (Fsp3) is 0.464. The average molecular weight is 479 g/mol. The highest BCUT2D eigenvalue weighted by molar-refractivity contribution is 5.80. The zero-order chi connectivity index (χ0) is 25.1. The van der Waals surface area contributed by atoms with Gasteiger partial charge in [0.25, 0.3) is 0 Å². The van der Waals surface area contributed by atoms with Crippen LogP contribution in [0.25, 0.3) is 11.1 Å². The molecule has 1 aliphatic carbocycles. The maximum absolute atomic E-state index is 13.0. The molecule has 1 fully saturated rings. The number of alkyl carbamates (subject to hydrolysis) is 1. The fourth-order valence-corrected chi connectivity index (χ4v) is 5.18. The van der Waals surface area contributed by atoms with Gasteiger partial charge in [-0.2, -0.15) is 0 Å². The predicted molar refractivity (Wildman–Crippen MR) is 133 cm³/mol. The van der Waals surface area contributed by atoms with E-state index in [1.807, 2.05) is 45.0 Å². The normalized spacial score (nSPS) is 20.2. The molecule has 7 heteroatoms. The quantitative estimate of drug-likeness (QED) is 0.611. The van der Waals surface area contributed by atoms with Crippen LogP contribution in [0.15, 0.2) is 48.5 Å². The Bertz CT molecular complexity index is 1050. The van der Waals surface area contributed by atoms with Gasteiger partial charge in [0.1, 0.15) is 6.61 Å². The summed E-state index contributed by atoms with van der Waals surface area (Å²) in [5.41, 5.74) is 4.62. The number of carbonyl (C=O) groups is 3. The third-order valence-corrected chi connectivity index (χ3v) is 7.47. The number of carboxylic acid groups (broad SMARTS) is 1. The highest BCUT2D eigenvalue weighted by Gasteiger charge is 2.35. The number of nitrogens with one attached hydrogen (secondary N) is 1. The van der Waals surface area contributed by atoms with Crippen molar-refractivity contribution < 1.29 is 24.2 Å². The molecule has 35 heavy (non-hydrogen) atoms. The Labute approximate surface area is 206 Å². The minimum atomic E-state index is -0.868. The van der Waals surface area contributed by atoms with Gasteiger partial charge >= 0.3 is 12.1 Å². The van der Waals surface area contributed by atoms with Gasteiger partial charge < -0.3 is 20.1 Å². The van der Waals surface area contributed by atoms with Crippen molar-refractivity contribution in [3.05, 3.63) is 59.7 Å². The van der Waals surface area contributed by atoms with E-state index < -0.39 is 24.0 Å². The molecular formula is C28H34N2O5. The topological polar surface area (TPSA) is 95.9 Å². The van der Waals surface area contributed by atoms with Crippen molar-refractivity contribution in [2.75, 3.05) is 19.7 Å². The maximum Gasteiger partial charge on any atom is 0.407 e. The molecule has 2 amide bonds. The lowest BCUT2D eigenvalue weighted by Crippen LogP contribution is -2.49. The number of ether oxygens (including phenoxy) is 1. The van der Waals surface area contributed by atoms with E-state index in [1.54, 1.807) is 4.90 Å². The Morgan fingerprint density at radius 1 is 1.06 bits per heavy atom. The summed E-state index contributed by atoms with van der Waals surface area (Å²) in [5, 5.41) is 12.3. The average Bonchev–Trinajstić information content (AvgIpc) is 3.16. The van der Waals surface area contributed by atoms with Crippen molar-refractivity contribution in [1.29, 1.82) is 0 Å². The summed E-state index contributed by atoms with van der Waals surface area (Å²) in [5.74, 6) is -1.54. The van der Waals surface area contributed by atoms with Crippen LogP contribution in [0.5, 0.6) is 0 Å². The molecule has 186 valence electrons. The SMILES string of the molecule is CC1CCN(C(=O)C[C@@H](NC(=O)OCC2c3ccccc3-c3ccccc32)C(C)C)CC1C(=O)O. The lowest BCUT2D eigenvalue weighted by Gasteiger charge is -2.36. The molecule has 7 nitrogen and oxygen atoms in total. The first kappa shape index (κ1) is 24.8. The highest BCUT2D eigenvalue weighted by Crippen LogP contribution is 2.44. The van der Waals surface area contributed by atoms with Crippen LogP contribution in [0.2, 0.25) is 0 Å². The van der Waals surface area contributed by atoms with Gasteiger partial charge in [-0.1, -0.05) is 69.3 Å². The van der Waals surface area contributed by atoms with Crippen molar-refractivity contribution in [3.8, 4) is 11.1 Å². The number of nitrogens with zero attached hydrogens (tertiary/aromatic N) is 1. The molecule has 1 saturated heterocycles. The van der Waals surface area contributed by atoms with Crippen LogP contribution in [-0.4, -0.2) is 53.7 Å². The van der Waals surface area contributed by atoms with Gasteiger partial charge in [0.2, 0.25) is 5.91 Å². The first-order chi connectivity index (χ1) is 16.8. The van der Waals surface area contributed by atoms with Crippen LogP contribution in [0, 0.1) is 17.8 Å². The van der Waals surface area contributed by atoms with Crippen LogP contribution < -0.4 is 5.32 Å². The third-order valence-electron chi connectivity index (χ3n) is 7.47. The first-order valence-corrected chi connectivity index (χ1v) is 12.4. The summed E-state index contributed by atoms with van der Waals surface area (Å²) >= 11 is 0. The molecule has 2 aromatic carbocycles. The Kier molecular flexibility index (Phi) is 7.43. The van der Waals surface area contributed by atoms with E-state index in [1.165, 1.54) is 11.1 Å². The van der Waals surface area contributed by atoms with E-state index >= 15 is 0 Å². The second-order valence-corrected chi connectivity index (χ2v) is 10.1. The molecule has 0 saturated carbocycles. The highest BCUT2D eigenvalue weighted by atomic mass is 16.5. The van der Waals surface area contributed by atoms with E-state index in [0.717, 1.165) is 11.1 Å². The van der Waals surface area contributed by atoms with E-state index in [4.69, 9.17) is 4.74 Å². The minimum absolute atomic E-state index is 0.0124. The third kappa shape index (κ3) is 5.34. The number of hydrogen-bond donors (Lipinski definition) is 2. The van der Waals surface area contributed by atoms with Crippen LogP contribution in [0.3, 0.4) is 0 Å². The smallest absolute Gasteiger partial charge is 0.407 e. The number of amides is 2. The van der Waals surface area contributed by atoms with Gasteiger partial charge in [0, 0.05) is 31.5 Å². The Balaban J connectivity index is 1.36. The second kappa shape index (κ2) is 10.5. The van der Waals surface area contributed by atoms with Gasteiger partial charge in [-0.25, -0.2) is 4.79 Å². The number of benzene rings is 2. The minimum Gasteiger partial charge on any atom is -0.481 e. The number of carboxylic acids is 1. The molecule has 1 heterocycles. The summed E-state index contributed by atoms with van der Waals surface area (Å²) in [6, 6.07) is 15.9. The summed E-state index contributed by atoms with van der Waals surface area (Å²) in [7, 11) is 0. The van der Waals surface area contributed by atoms with Crippen molar-refractivity contribution in [3.63, 3.8) is 0 Å². The number of carbonyl (C=O) groups excluding carboxylic acids is 2. The molecule has 2 aromatic rings. The molecule has 0 bridgehead atoms. The Morgan fingerprint density at radius 3 is 2.23 bits per heavy atom. The molecule has 2 aliphatic rings. The molecule has 2 N–H and O–H groups in total. The first-order valence-electron chi connectivity index (χ1n) is 12.4. The largest absolute Gasteiger partial charge is 0.481 e. The van der Waals surface area contributed by atoms with Crippen LogP contribution >= 0.6 is 0 Å². The van der Waals surface area contributed by atoms with Crippen LogP contribution in [-0.2, 0) is 14.3 Å². The monoisotopic (exact) mass is 478 g/mol. The number of aliphatic carboxylic acids is 1. The molecule has 0 aromatic heterocycles. The summed E-state index contributed by atoms with van der Waals surface area (Å²) in [6.07, 6.45) is 0.228. The molecule has 0 spiro atoms. The van der Waals surface area contributed by atoms with Crippen molar-refractivity contribution in [2.45, 2.75) is 45.6 Å². The number of piperidine rings is 1. The van der Waals surface area contributed by atoms with Crippen molar-refractivity contribution in [1.82, 2.24) is 10.2 Å². The lowest BCUT2D eigenvalue weighted by molar-refractivity contribution is -0.148. The standard InChI is InChI=1S/C28H34N2O5/c1-17(2)25(14-26(31)30-13-12-18(3)23(15-30)27(32)33)29-28(34)35-16-24-21-10-6-4-8-19(21)20-9-5-7-11-22(20)24/h4-11,17-18,23-25H,12-16H2,1-3H3,(H,29,34)(H,32,33)/t18?,23?,25-/m1/s1. The zero-order valence-corrected chi connectivity index (χ0v) is 20.6. The second-order valence-electron chi connectivity index (χ2n) is 10.1. The molecule has 4 rings (SSSR count). The number of fused-ring (bicyclic) bond motifs is 3. The van der Waals surface area contributed by atoms with Gasteiger partial charge in [-0.3, -0.25) is 9.59 Å². The molecule has 0 radical (unpaired) electrons. The summed E-state index contributed by atoms with van der Waals surface area (Å²) < 4.78 is 5.66. The van der Waals surface area contributed by atoms with E-state index in [2.05, 4.69) is 29.6 Å². The van der Waals surface area contributed by atoms with Crippen LogP contribution in [0.4, 0.5) is 4.79 Å². The maximum atomic E-state index is 13.0. The summed E-state index contributed by atoms with van der Waals surface area (Å²) in [4.78, 5) is 38.8. The van der Waals surface area contributed by atoms with Gasteiger partial charge in [0.15, 0.2) is 0 Å². The molecule has 1 aliphatic heterocycles. The van der Waals surface area contributed by atoms with Gasteiger partial charge in [0.05, 0.1) is 5.92 Å². The van der Waals surface area contributed by atoms with Gasteiger partial charge in [-0.05, 0) is 40.5 Å². The number of rotatable bonds is 7. The van der Waals surface area contributed by atoms with Crippen LogP contribution in [0.1, 0.15) is 50.7 Å². The Hall–Kier alpha value is -3.35. The number of hydrogen-bond acceptors (Lipinski definition) is 4. The van der Waals surface area contributed by atoms with Crippen molar-refractivity contribution in [2.24, 2.45) is 17.8 Å². The van der Waals surface area contributed by atoms with E-state index in [0.29, 0.717) is 13.0 Å². The molecular weight excluding hydrogens is 444 g/mol. The number of likely N-dealkylation sites (tertiary alicyclic amines) is 1. The fourth-order valence-electron chi connectivity index (χ4n) is 5.18. The predicted octanol–water partition coefficient (Wildman–Crippen LogP) is 4.51. The van der Waals surface area contributed by atoms with E-state index in [9.17, 15) is 19.5 Å².